The SMILES string of the molecule is Cc1cc(C(N)c2ccc(Cl)o2)c(C)s1. The van der Waals surface area contributed by atoms with E-state index in [1.165, 1.54) is 9.75 Å². The topological polar surface area (TPSA) is 39.2 Å². The molecule has 2 nitrogen and oxygen atoms in total. The van der Waals surface area contributed by atoms with Gasteiger partial charge in [-0.05, 0) is 49.2 Å². The van der Waals surface area contributed by atoms with E-state index in [0.717, 1.165) is 5.56 Å². The molecule has 2 aromatic rings. The monoisotopic (exact) mass is 241 g/mol. The number of hydrogen-bond donors (Lipinski definition) is 1. The zero-order valence-electron chi connectivity index (χ0n) is 8.58. The summed E-state index contributed by atoms with van der Waals surface area (Å²) in [5.74, 6) is 0.709. The van der Waals surface area contributed by atoms with Crippen LogP contribution in [0, 0.1) is 13.8 Å². The van der Waals surface area contributed by atoms with Crippen LogP contribution < -0.4 is 5.73 Å². The third-order valence-electron chi connectivity index (χ3n) is 2.31. The Morgan fingerprint density at radius 1 is 1.40 bits per heavy atom. The number of hydrogen-bond acceptors (Lipinski definition) is 3. The minimum Gasteiger partial charge on any atom is -0.448 e. The molecule has 0 saturated heterocycles. The van der Waals surface area contributed by atoms with Gasteiger partial charge in [0.1, 0.15) is 5.76 Å². The minimum absolute atomic E-state index is 0.220. The van der Waals surface area contributed by atoms with E-state index in [-0.39, 0.29) is 6.04 Å². The van der Waals surface area contributed by atoms with Crippen LogP contribution in [0.15, 0.2) is 22.6 Å². The summed E-state index contributed by atoms with van der Waals surface area (Å²) in [6.45, 7) is 4.14. The van der Waals surface area contributed by atoms with Crippen LogP contribution >= 0.6 is 22.9 Å². The number of nitrogens with two attached hydrogens (primary N) is 1. The summed E-state index contributed by atoms with van der Waals surface area (Å²) in [6.07, 6.45) is 0. The van der Waals surface area contributed by atoms with Gasteiger partial charge in [0.2, 0.25) is 0 Å². The quantitative estimate of drug-likeness (QED) is 0.872. The van der Waals surface area contributed by atoms with E-state index in [4.69, 9.17) is 21.8 Å². The average molecular weight is 242 g/mol. The van der Waals surface area contributed by atoms with Gasteiger partial charge >= 0.3 is 0 Å². The molecule has 1 atom stereocenters. The first-order chi connectivity index (χ1) is 7.08. The van der Waals surface area contributed by atoms with Gasteiger partial charge in [0.25, 0.3) is 0 Å². The predicted molar refractivity (Wildman–Crippen MR) is 63.5 cm³/mol. The lowest BCUT2D eigenvalue weighted by atomic mass is 10.1. The van der Waals surface area contributed by atoms with Crippen molar-refractivity contribution in [1.29, 1.82) is 0 Å². The molecule has 0 aliphatic heterocycles. The van der Waals surface area contributed by atoms with Gasteiger partial charge in [0.15, 0.2) is 5.22 Å². The van der Waals surface area contributed by atoms with E-state index < -0.39 is 0 Å². The van der Waals surface area contributed by atoms with Crippen LogP contribution in [0.2, 0.25) is 5.22 Å². The molecule has 0 bridgehead atoms. The molecule has 0 saturated carbocycles. The molecule has 0 radical (unpaired) electrons. The molecule has 0 fully saturated rings. The Bertz CT molecular complexity index is 475. The van der Waals surface area contributed by atoms with E-state index in [0.29, 0.717) is 11.0 Å². The highest BCUT2D eigenvalue weighted by Gasteiger charge is 2.16. The summed E-state index contributed by atoms with van der Waals surface area (Å²) in [5.41, 5.74) is 7.21. The first-order valence-corrected chi connectivity index (χ1v) is 5.85. The maximum atomic E-state index is 6.10. The Hall–Kier alpha value is -0.770. The number of rotatable bonds is 2. The maximum Gasteiger partial charge on any atom is 0.193 e. The van der Waals surface area contributed by atoms with Crippen molar-refractivity contribution in [2.45, 2.75) is 19.9 Å². The predicted octanol–water partition coefficient (Wildman–Crippen LogP) is 3.66. The molecule has 0 amide bonds. The third kappa shape index (κ3) is 2.09. The normalized spacial score (nSPS) is 13.1. The first-order valence-electron chi connectivity index (χ1n) is 4.65. The average Bonchev–Trinajstić information content (AvgIpc) is 2.71. The van der Waals surface area contributed by atoms with Crippen LogP contribution in [-0.2, 0) is 0 Å². The Morgan fingerprint density at radius 2 is 2.13 bits per heavy atom. The van der Waals surface area contributed by atoms with E-state index in [9.17, 15) is 0 Å². The van der Waals surface area contributed by atoms with Gasteiger partial charge in [0, 0.05) is 9.75 Å². The van der Waals surface area contributed by atoms with Crippen molar-refractivity contribution in [2.24, 2.45) is 5.73 Å². The summed E-state index contributed by atoms with van der Waals surface area (Å²) in [7, 11) is 0. The van der Waals surface area contributed by atoms with Crippen LogP contribution in [0.1, 0.15) is 27.1 Å². The molecule has 2 N–H and O–H groups in total. The molecule has 0 aliphatic carbocycles. The third-order valence-corrected chi connectivity index (χ3v) is 3.50. The van der Waals surface area contributed by atoms with Crippen LogP contribution in [0.5, 0.6) is 0 Å². The van der Waals surface area contributed by atoms with Crippen molar-refractivity contribution < 1.29 is 4.42 Å². The maximum absolute atomic E-state index is 6.10. The van der Waals surface area contributed by atoms with Crippen molar-refractivity contribution >= 4 is 22.9 Å². The molecule has 2 heterocycles. The van der Waals surface area contributed by atoms with Gasteiger partial charge in [-0.1, -0.05) is 0 Å². The summed E-state index contributed by atoms with van der Waals surface area (Å²) in [6, 6.07) is 5.41. The van der Waals surface area contributed by atoms with Crippen molar-refractivity contribution in [3.05, 3.63) is 44.5 Å². The van der Waals surface area contributed by atoms with Crippen molar-refractivity contribution in [2.75, 3.05) is 0 Å². The summed E-state index contributed by atoms with van der Waals surface area (Å²) in [4.78, 5) is 2.49. The summed E-state index contributed by atoms with van der Waals surface area (Å²) < 4.78 is 5.31. The Morgan fingerprint density at radius 3 is 2.60 bits per heavy atom. The highest BCUT2D eigenvalue weighted by Crippen LogP contribution is 2.30. The molecule has 2 aromatic heterocycles. The van der Waals surface area contributed by atoms with Gasteiger partial charge in [-0.25, -0.2) is 0 Å². The zero-order valence-corrected chi connectivity index (χ0v) is 10.2. The van der Waals surface area contributed by atoms with E-state index >= 15 is 0 Å². The fourth-order valence-electron chi connectivity index (χ4n) is 1.61. The summed E-state index contributed by atoms with van der Waals surface area (Å²) >= 11 is 7.46. The second-order valence-electron chi connectivity index (χ2n) is 3.49. The fraction of sp³-hybridized carbons (Fsp3) is 0.273. The van der Waals surface area contributed by atoms with Gasteiger partial charge in [-0.15, -0.1) is 11.3 Å². The molecule has 4 heteroatoms. The Balaban J connectivity index is 2.35. The van der Waals surface area contributed by atoms with Gasteiger partial charge < -0.3 is 10.2 Å². The first kappa shape index (κ1) is 10.7. The number of halogens is 1. The van der Waals surface area contributed by atoms with Crippen molar-refractivity contribution in [3.8, 4) is 0 Å². The van der Waals surface area contributed by atoms with Crippen molar-refractivity contribution in [1.82, 2.24) is 0 Å². The van der Waals surface area contributed by atoms with E-state index in [2.05, 4.69) is 19.9 Å². The second-order valence-corrected chi connectivity index (χ2v) is 5.32. The van der Waals surface area contributed by atoms with Crippen LogP contribution in [0.25, 0.3) is 0 Å². The lowest BCUT2D eigenvalue weighted by Gasteiger charge is -2.07. The Kier molecular flexibility index (Phi) is 2.87. The van der Waals surface area contributed by atoms with E-state index in [1.54, 1.807) is 17.4 Å². The van der Waals surface area contributed by atoms with Crippen LogP contribution in [0.4, 0.5) is 0 Å². The molecular formula is C11H12ClNOS. The standard InChI is InChI=1S/C11H12ClNOS/c1-6-5-8(7(2)15-6)11(13)9-3-4-10(12)14-9/h3-5,11H,13H2,1-2H3. The van der Waals surface area contributed by atoms with Gasteiger partial charge in [0.05, 0.1) is 6.04 Å². The van der Waals surface area contributed by atoms with Crippen molar-refractivity contribution in [3.63, 3.8) is 0 Å². The highest BCUT2D eigenvalue weighted by molar-refractivity contribution is 7.12. The molecule has 1 unspecified atom stereocenters. The second kappa shape index (κ2) is 4.00. The molecule has 80 valence electrons. The van der Waals surface area contributed by atoms with Gasteiger partial charge in [-0.2, -0.15) is 0 Å². The molecule has 2 rings (SSSR count). The lowest BCUT2D eigenvalue weighted by Crippen LogP contribution is -2.10. The minimum atomic E-state index is -0.220. The van der Waals surface area contributed by atoms with Gasteiger partial charge in [-0.3, -0.25) is 0 Å². The van der Waals surface area contributed by atoms with Crippen LogP contribution in [0.3, 0.4) is 0 Å². The largest absolute Gasteiger partial charge is 0.448 e. The Labute approximate surface area is 97.7 Å². The molecule has 0 spiro atoms. The summed E-state index contributed by atoms with van der Waals surface area (Å²) in [5, 5.41) is 0.380. The lowest BCUT2D eigenvalue weighted by molar-refractivity contribution is 0.491. The number of thiophene rings is 1. The number of aryl methyl sites for hydroxylation is 2. The number of furan rings is 1. The highest BCUT2D eigenvalue weighted by atomic mass is 35.5. The molecule has 0 aliphatic rings. The fourth-order valence-corrected chi connectivity index (χ4v) is 2.73. The smallest absolute Gasteiger partial charge is 0.193 e. The zero-order chi connectivity index (χ0) is 11.0. The van der Waals surface area contributed by atoms with Crippen LogP contribution in [-0.4, -0.2) is 0 Å². The molecular weight excluding hydrogens is 230 g/mol. The molecule has 0 aromatic carbocycles. The molecule has 15 heavy (non-hydrogen) atoms. The van der Waals surface area contributed by atoms with E-state index in [1.807, 2.05) is 6.07 Å².